The van der Waals surface area contributed by atoms with Crippen molar-refractivity contribution in [2.24, 2.45) is 5.10 Å². The third-order valence-electron chi connectivity index (χ3n) is 4.38. The zero-order valence-corrected chi connectivity index (χ0v) is 16.6. The summed E-state index contributed by atoms with van der Waals surface area (Å²) >= 11 is 0. The lowest BCUT2D eigenvalue weighted by molar-refractivity contribution is 0.122. The summed E-state index contributed by atoms with van der Waals surface area (Å²) in [4.78, 5) is 15.3. The molecule has 9 heteroatoms. The van der Waals surface area contributed by atoms with Gasteiger partial charge in [-0.25, -0.2) is 0 Å². The normalized spacial score (nSPS) is 14.5. The van der Waals surface area contributed by atoms with E-state index in [1.54, 1.807) is 6.21 Å². The number of ether oxygens (including phenoxy) is 2. The highest BCUT2D eigenvalue weighted by molar-refractivity contribution is 5.75. The SMILES string of the molecule is CNCCOc1nc(C=NNc2ccc(C)c(C)c2)nc(N2CCOCC2)n1. The average molecular weight is 385 g/mol. The number of anilines is 2. The maximum Gasteiger partial charge on any atom is 0.321 e. The zero-order chi connectivity index (χ0) is 19.8. The first-order valence-corrected chi connectivity index (χ1v) is 9.38. The molecule has 0 unspecified atom stereocenters. The van der Waals surface area contributed by atoms with Gasteiger partial charge < -0.3 is 19.7 Å². The van der Waals surface area contributed by atoms with Crippen LogP contribution >= 0.6 is 0 Å². The molecule has 0 saturated carbocycles. The van der Waals surface area contributed by atoms with E-state index >= 15 is 0 Å². The van der Waals surface area contributed by atoms with Crippen LogP contribution in [-0.2, 0) is 4.74 Å². The van der Waals surface area contributed by atoms with Gasteiger partial charge >= 0.3 is 6.01 Å². The van der Waals surface area contributed by atoms with Crippen LogP contribution in [0.5, 0.6) is 6.01 Å². The molecule has 9 nitrogen and oxygen atoms in total. The van der Waals surface area contributed by atoms with E-state index in [4.69, 9.17) is 9.47 Å². The van der Waals surface area contributed by atoms with Crippen molar-refractivity contribution < 1.29 is 9.47 Å². The van der Waals surface area contributed by atoms with Gasteiger partial charge in [-0.3, -0.25) is 5.43 Å². The van der Waals surface area contributed by atoms with E-state index in [1.807, 2.05) is 19.2 Å². The summed E-state index contributed by atoms with van der Waals surface area (Å²) < 4.78 is 11.1. The Labute approximate surface area is 165 Å². The minimum absolute atomic E-state index is 0.291. The van der Waals surface area contributed by atoms with Gasteiger partial charge in [-0.05, 0) is 44.2 Å². The maximum absolute atomic E-state index is 5.65. The fourth-order valence-electron chi connectivity index (χ4n) is 2.61. The minimum Gasteiger partial charge on any atom is -0.462 e. The molecule has 0 radical (unpaired) electrons. The van der Waals surface area contributed by atoms with Gasteiger partial charge in [-0.2, -0.15) is 20.1 Å². The van der Waals surface area contributed by atoms with E-state index in [2.05, 4.69) is 55.6 Å². The van der Waals surface area contributed by atoms with Crippen LogP contribution in [0.4, 0.5) is 11.6 Å². The van der Waals surface area contributed by atoms with Crippen molar-refractivity contribution in [2.75, 3.05) is 56.8 Å². The molecule has 0 atom stereocenters. The molecular formula is C19H27N7O2. The second-order valence-corrected chi connectivity index (χ2v) is 6.50. The molecule has 28 heavy (non-hydrogen) atoms. The van der Waals surface area contributed by atoms with E-state index < -0.39 is 0 Å². The molecule has 0 bridgehead atoms. The number of aryl methyl sites for hydroxylation is 2. The first-order valence-electron chi connectivity index (χ1n) is 9.38. The molecule has 0 aliphatic carbocycles. The monoisotopic (exact) mass is 385 g/mol. The fraction of sp³-hybridized carbons (Fsp3) is 0.474. The van der Waals surface area contributed by atoms with Crippen molar-refractivity contribution in [3.8, 4) is 6.01 Å². The number of likely N-dealkylation sites (N-methyl/N-ethyl adjacent to an activating group) is 1. The van der Waals surface area contributed by atoms with Crippen molar-refractivity contribution >= 4 is 17.9 Å². The van der Waals surface area contributed by atoms with Crippen LogP contribution < -0.4 is 20.4 Å². The van der Waals surface area contributed by atoms with Gasteiger partial charge in [0, 0.05) is 19.6 Å². The zero-order valence-electron chi connectivity index (χ0n) is 16.6. The van der Waals surface area contributed by atoms with Gasteiger partial charge in [0.2, 0.25) is 5.95 Å². The molecule has 1 saturated heterocycles. The number of rotatable bonds is 8. The summed E-state index contributed by atoms with van der Waals surface area (Å²) in [6.07, 6.45) is 1.58. The topological polar surface area (TPSA) is 96.8 Å². The highest BCUT2D eigenvalue weighted by Crippen LogP contribution is 2.15. The Balaban J connectivity index is 1.75. The van der Waals surface area contributed by atoms with Gasteiger partial charge in [0.1, 0.15) is 6.61 Å². The Kier molecular flexibility index (Phi) is 7.10. The first kappa shape index (κ1) is 20.0. The van der Waals surface area contributed by atoms with Crippen molar-refractivity contribution in [1.82, 2.24) is 20.3 Å². The Hall–Kier alpha value is -2.78. The van der Waals surface area contributed by atoms with Crippen LogP contribution in [0.3, 0.4) is 0 Å². The standard InChI is InChI=1S/C19H27N7O2/c1-14-4-5-16(12-15(14)2)25-21-13-17-22-18(26-7-10-27-11-8-26)24-19(23-17)28-9-6-20-3/h4-5,12-13,20,25H,6-11H2,1-3H3. The highest BCUT2D eigenvalue weighted by atomic mass is 16.5. The number of nitrogens with zero attached hydrogens (tertiary/aromatic N) is 5. The number of hydrazone groups is 1. The third kappa shape index (κ3) is 5.61. The second kappa shape index (κ2) is 9.95. The van der Waals surface area contributed by atoms with E-state index in [1.165, 1.54) is 11.1 Å². The number of nitrogens with one attached hydrogen (secondary N) is 2. The summed E-state index contributed by atoms with van der Waals surface area (Å²) in [5.74, 6) is 1.01. The molecule has 150 valence electrons. The van der Waals surface area contributed by atoms with Gasteiger partial charge in [0.05, 0.1) is 25.1 Å². The summed E-state index contributed by atoms with van der Waals surface area (Å²) in [6, 6.07) is 6.38. The molecule has 1 aromatic carbocycles. The van der Waals surface area contributed by atoms with Gasteiger partial charge in [-0.1, -0.05) is 6.07 Å². The Morgan fingerprint density at radius 3 is 2.75 bits per heavy atom. The van der Waals surface area contributed by atoms with Crippen LogP contribution in [0.1, 0.15) is 17.0 Å². The molecule has 0 spiro atoms. The fourth-order valence-corrected chi connectivity index (χ4v) is 2.61. The molecule has 2 N–H and O–H groups in total. The Morgan fingerprint density at radius 1 is 1.18 bits per heavy atom. The van der Waals surface area contributed by atoms with Crippen molar-refractivity contribution in [3.05, 3.63) is 35.2 Å². The minimum atomic E-state index is 0.291. The Morgan fingerprint density at radius 2 is 2.00 bits per heavy atom. The van der Waals surface area contributed by atoms with Crippen molar-refractivity contribution in [1.29, 1.82) is 0 Å². The van der Waals surface area contributed by atoms with Crippen LogP contribution in [0.25, 0.3) is 0 Å². The Bertz CT molecular complexity index is 807. The summed E-state index contributed by atoms with van der Waals surface area (Å²) in [6.45, 7) is 8.10. The summed E-state index contributed by atoms with van der Waals surface area (Å²) in [5.41, 5.74) is 6.37. The molecule has 2 heterocycles. The van der Waals surface area contributed by atoms with Crippen LogP contribution in [-0.4, -0.2) is 67.7 Å². The van der Waals surface area contributed by atoms with E-state index in [0.717, 1.165) is 18.8 Å². The average Bonchev–Trinajstić information content (AvgIpc) is 2.71. The van der Waals surface area contributed by atoms with E-state index in [9.17, 15) is 0 Å². The molecule has 0 amide bonds. The number of aromatic nitrogens is 3. The molecule has 3 rings (SSSR count). The van der Waals surface area contributed by atoms with Crippen molar-refractivity contribution in [2.45, 2.75) is 13.8 Å². The predicted molar refractivity (Wildman–Crippen MR) is 109 cm³/mol. The molecule has 1 aliphatic rings. The third-order valence-corrected chi connectivity index (χ3v) is 4.38. The smallest absolute Gasteiger partial charge is 0.321 e. The lowest BCUT2D eigenvalue weighted by Crippen LogP contribution is -2.37. The first-order chi connectivity index (χ1) is 13.7. The van der Waals surface area contributed by atoms with Crippen LogP contribution in [0, 0.1) is 13.8 Å². The lowest BCUT2D eigenvalue weighted by Gasteiger charge is -2.26. The number of morpholine rings is 1. The summed E-state index contributed by atoms with van der Waals surface area (Å²) in [7, 11) is 1.87. The lowest BCUT2D eigenvalue weighted by atomic mass is 10.1. The molecular weight excluding hydrogens is 358 g/mol. The quantitative estimate of drug-likeness (QED) is 0.400. The van der Waals surface area contributed by atoms with Gasteiger partial charge in [0.25, 0.3) is 0 Å². The van der Waals surface area contributed by atoms with Gasteiger partial charge in [0.15, 0.2) is 5.82 Å². The van der Waals surface area contributed by atoms with Crippen LogP contribution in [0.2, 0.25) is 0 Å². The highest BCUT2D eigenvalue weighted by Gasteiger charge is 2.16. The number of benzene rings is 1. The van der Waals surface area contributed by atoms with Gasteiger partial charge in [-0.15, -0.1) is 0 Å². The van der Waals surface area contributed by atoms with E-state index in [0.29, 0.717) is 44.1 Å². The second-order valence-electron chi connectivity index (χ2n) is 6.50. The molecule has 1 aromatic heterocycles. The van der Waals surface area contributed by atoms with E-state index in [-0.39, 0.29) is 0 Å². The molecule has 2 aromatic rings. The predicted octanol–water partition coefficient (Wildman–Crippen LogP) is 1.37. The maximum atomic E-state index is 5.65. The molecule has 1 aliphatic heterocycles. The number of hydrogen-bond donors (Lipinski definition) is 2. The summed E-state index contributed by atoms with van der Waals surface area (Å²) in [5, 5.41) is 7.30. The largest absolute Gasteiger partial charge is 0.462 e. The van der Waals surface area contributed by atoms with Crippen molar-refractivity contribution in [3.63, 3.8) is 0 Å². The van der Waals surface area contributed by atoms with Crippen LogP contribution in [0.15, 0.2) is 23.3 Å². The molecule has 1 fully saturated rings. The number of hydrogen-bond acceptors (Lipinski definition) is 9.